The summed E-state index contributed by atoms with van der Waals surface area (Å²) in [7, 11) is 1.69. The van der Waals surface area contributed by atoms with E-state index in [1.54, 1.807) is 33.2 Å². The number of H-pyrrole nitrogens is 1. The van der Waals surface area contributed by atoms with Crippen LogP contribution in [0.15, 0.2) is 12.3 Å². The molecule has 1 amide bonds. The molecular weight excluding hydrogens is 192 g/mol. The Morgan fingerprint density at radius 2 is 2.20 bits per heavy atom. The third-order valence-corrected chi connectivity index (χ3v) is 2.16. The molecule has 0 atom stereocenters. The van der Waals surface area contributed by atoms with Gasteiger partial charge in [-0.25, -0.2) is 0 Å². The van der Waals surface area contributed by atoms with E-state index in [4.69, 9.17) is 0 Å². The van der Waals surface area contributed by atoms with Crippen LogP contribution in [0.1, 0.15) is 29.9 Å². The van der Waals surface area contributed by atoms with Crippen molar-refractivity contribution in [2.45, 2.75) is 26.4 Å². The Labute approximate surface area is 89.9 Å². The average molecular weight is 210 g/mol. The first kappa shape index (κ1) is 11.8. The predicted octanol–water partition coefficient (Wildman–Crippen LogP) is 1.17. The molecule has 4 nitrogen and oxygen atoms in total. The van der Waals surface area contributed by atoms with E-state index >= 15 is 0 Å². The van der Waals surface area contributed by atoms with Gasteiger partial charge in [0.05, 0.1) is 11.2 Å². The van der Waals surface area contributed by atoms with Gasteiger partial charge in [0.15, 0.2) is 0 Å². The second-order valence-electron chi connectivity index (χ2n) is 4.49. The molecule has 0 radical (unpaired) electrons. The van der Waals surface area contributed by atoms with Crippen LogP contribution >= 0.6 is 0 Å². The van der Waals surface area contributed by atoms with Crippen LogP contribution in [-0.4, -0.2) is 40.1 Å². The van der Waals surface area contributed by atoms with E-state index in [2.05, 4.69) is 4.98 Å². The Bertz CT molecular complexity index is 350. The average Bonchev–Trinajstić information content (AvgIpc) is 2.47. The molecule has 2 N–H and O–H groups in total. The molecule has 0 saturated heterocycles. The summed E-state index contributed by atoms with van der Waals surface area (Å²) in [6.45, 7) is 5.53. The zero-order valence-electron chi connectivity index (χ0n) is 9.66. The van der Waals surface area contributed by atoms with Gasteiger partial charge in [-0.1, -0.05) is 0 Å². The minimum atomic E-state index is -0.866. The lowest BCUT2D eigenvalue weighted by Crippen LogP contribution is -2.39. The Hall–Kier alpha value is -1.29. The van der Waals surface area contributed by atoms with E-state index in [0.717, 1.165) is 5.69 Å². The van der Waals surface area contributed by atoms with Gasteiger partial charge in [0, 0.05) is 25.5 Å². The Morgan fingerprint density at radius 1 is 1.60 bits per heavy atom. The molecule has 0 aliphatic carbocycles. The molecule has 1 aromatic heterocycles. The van der Waals surface area contributed by atoms with Crippen molar-refractivity contribution in [2.75, 3.05) is 13.6 Å². The molecule has 4 heteroatoms. The number of hydrogen-bond acceptors (Lipinski definition) is 2. The first-order chi connectivity index (χ1) is 6.81. The topological polar surface area (TPSA) is 56.3 Å². The summed E-state index contributed by atoms with van der Waals surface area (Å²) in [5, 5.41) is 9.60. The van der Waals surface area contributed by atoms with Crippen molar-refractivity contribution in [3.8, 4) is 0 Å². The summed E-state index contributed by atoms with van der Waals surface area (Å²) in [6.07, 6.45) is 1.74. The summed E-state index contributed by atoms with van der Waals surface area (Å²) in [6, 6.07) is 1.75. The van der Waals surface area contributed by atoms with Crippen LogP contribution in [0.4, 0.5) is 0 Å². The molecule has 1 aromatic rings. The van der Waals surface area contributed by atoms with Gasteiger partial charge in [-0.3, -0.25) is 4.79 Å². The van der Waals surface area contributed by atoms with Crippen LogP contribution in [0.25, 0.3) is 0 Å². The molecule has 0 aliphatic heterocycles. The smallest absolute Gasteiger partial charge is 0.255 e. The second-order valence-corrected chi connectivity index (χ2v) is 4.49. The zero-order valence-corrected chi connectivity index (χ0v) is 9.66. The fourth-order valence-electron chi connectivity index (χ4n) is 1.54. The van der Waals surface area contributed by atoms with Gasteiger partial charge < -0.3 is 15.0 Å². The quantitative estimate of drug-likeness (QED) is 0.786. The van der Waals surface area contributed by atoms with Gasteiger partial charge in [0.2, 0.25) is 0 Å². The van der Waals surface area contributed by atoms with Crippen LogP contribution in [-0.2, 0) is 0 Å². The summed E-state index contributed by atoms with van der Waals surface area (Å²) in [5.41, 5.74) is 0.638. The van der Waals surface area contributed by atoms with Crippen LogP contribution in [0.5, 0.6) is 0 Å². The number of aryl methyl sites for hydroxylation is 1. The molecule has 0 spiro atoms. The van der Waals surface area contributed by atoms with Gasteiger partial charge in [-0.15, -0.1) is 0 Å². The van der Waals surface area contributed by atoms with Crippen molar-refractivity contribution in [1.29, 1.82) is 0 Å². The number of aliphatic hydroxyl groups is 1. The monoisotopic (exact) mass is 210 g/mol. The SMILES string of the molecule is Cc1[nH]ccc1C(=O)N(C)CC(C)(C)O. The number of aromatic nitrogens is 1. The first-order valence-corrected chi connectivity index (χ1v) is 4.93. The molecule has 84 valence electrons. The molecule has 15 heavy (non-hydrogen) atoms. The number of carbonyl (C=O) groups excluding carboxylic acids is 1. The first-order valence-electron chi connectivity index (χ1n) is 4.93. The van der Waals surface area contributed by atoms with Gasteiger partial charge in [0.25, 0.3) is 5.91 Å². The van der Waals surface area contributed by atoms with Crippen molar-refractivity contribution >= 4 is 5.91 Å². The molecule has 0 aliphatic rings. The maximum atomic E-state index is 11.9. The fourth-order valence-corrected chi connectivity index (χ4v) is 1.54. The standard InChI is InChI=1S/C11H18N2O2/c1-8-9(5-6-12-8)10(14)13(4)7-11(2,3)15/h5-6,12,15H,7H2,1-4H3. The molecule has 0 bridgehead atoms. The normalized spacial score (nSPS) is 11.5. The maximum Gasteiger partial charge on any atom is 0.255 e. The fraction of sp³-hybridized carbons (Fsp3) is 0.545. The number of aromatic amines is 1. The van der Waals surface area contributed by atoms with Crippen molar-refractivity contribution in [2.24, 2.45) is 0 Å². The van der Waals surface area contributed by atoms with Crippen molar-refractivity contribution in [3.05, 3.63) is 23.5 Å². The van der Waals surface area contributed by atoms with E-state index in [0.29, 0.717) is 12.1 Å². The van der Waals surface area contributed by atoms with Gasteiger partial charge in [-0.2, -0.15) is 0 Å². The van der Waals surface area contributed by atoms with E-state index < -0.39 is 5.60 Å². The molecule has 0 aromatic carbocycles. The molecular formula is C11H18N2O2. The van der Waals surface area contributed by atoms with E-state index in [-0.39, 0.29) is 5.91 Å². The highest BCUT2D eigenvalue weighted by molar-refractivity contribution is 5.95. The highest BCUT2D eigenvalue weighted by Gasteiger charge is 2.21. The lowest BCUT2D eigenvalue weighted by atomic mass is 10.1. The number of nitrogens with zero attached hydrogens (tertiary/aromatic N) is 1. The number of amides is 1. The van der Waals surface area contributed by atoms with E-state index in [1.165, 1.54) is 4.90 Å². The van der Waals surface area contributed by atoms with Crippen LogP contribution in [0.2, 0.25) is 0 Å². The minimum absolute atomic E-state index is 0.0733. The highest BCUT2D eigenvalue weighted by Crippen LogP contribution is 2.11. The zero-order chi connectivity index (χ0) is 11.6. The molecule has 1 heterocycles. The van der Waals surface area contributed by atoms with Crippen LogP contribution in [0.3, 0.4) is 0 Å². The lowest BCUT2D eigenvalue weighted by Gasteiger charge is -2.25. The summed E-state index contributed by atoms with van der Waals surface area (Å²) >= 11 is 0. The van der Waals surface area contributed by atoms with Gasteiger partial charge in [0.1, 0.15) is 0 Å². The summed E-state index contributed by atoms with van der Waals surface area (Å²) in [4.78, 5) is 16.4. The van der Waals surface area contributed by atoms with E-state index in [9.17, 15) is 9.90 Å². The number of carbonyl (C=O) groups is 1. The minimum Gasteiger partial charge on any atom is -0.389 e. The number of rotatable bonds is 3. The number of likely N-dealkylation sites (N-methyl/N-ethyl adjacent to an activating group) is 1. The summed E-state index contributed by atoms with van der Waals surface area (Å²) < 4.78 is 0. The highest BCUT2D eigenvalue weighted by atomic mass is 16.3. The second kappa shape index (κ2) is 4.06. The van der Waals surface area contributed by atoms with Crippen LogP contribution in [0, 0.1) is 6.92 Å². The van der Waals surface area contributed by atoms with Crippen LogP contribution < -0.4 is 0 Å². The van der Waals surface area contributed by atoms with Crippen molar-refractivity contribution in [1.82, 2.24) is 9.88 Å². The third kappa shape index (κ3) is 3.09. The van der Waals surface area contributed by atoms with Crippen molar-refractivity contribution in [3.63, 3.8) is 0 Å². The Kier molecular flexibility index (Phi) is 3.19. The summed E-state index contributed by atoms with van der Waals surface area (Å²) in [5.74, 6) is -0.0733. The van der Waals surface area contributed by atoms with Gasteiger partial charge in [-0.05, 0) is 26.8 Å². The third-order valence-electron chi connectivity index (χ3n) is 2.16. The predicted molar refractivity (Wildman–Crippen MR) is 58.8 cm³/mol. The maximum absolute atomic E-state index is 11.9. The molecule has 0 fully saturated rings. The number of hydrogen-bond donors (Lipinski definition) is 2. The van der Waals surface area contributed by atoms with E-state index in [1.807, 2.05) is 6.92 Å². The van der Waals surface area contributed by atoms with Crippen molar-refractivity contribution < 1.29 is 9.90 Å². The Morgan fingerprint density at radius 3 is 2.60 bits per heavy atom. The Balaban J connectivity index is 2.74. The number of nitrogens with one attached hydrogen (secondary N) is 1. The largest absolute Gasteiger partial charge is 0.389 e. The molecule has 1 rings (SSSR count). The van der Waals surface area contributed by atoms with Gasteiger partial charge >= 0.3 is 0 Å². The lowest BCUT2D eigenvalue weighted by molar-refractivity contribution is 0.0367. The molecule has 0 unspecified atom stereocenters. The molecule has 0 saturated carbocycles.